The van der Waals surface area contributed by atoms with Crippen molar-refractivity contribution in [3.63, 3.8) is 0 Å². The Morgan fingerprint density at radius 1 is 1.07 bits per heavy atom. The Balaban J connectivity index is 1.20. The first-order valence-corrected chi connectivity index (χ1v) is 13.8. The average molecular weight is 573 g/mol. The molecule has 2 aliphatic rings. The lowest BCUT2D eigenvalue weighted by molar-refractivity contribution is 0.0516. The highest BCUT2D eigenvalue weighted by Crippen LogP contribution is 2.32. The summed E-state index contributed by atoms with van der Waals surface area (Å²) in [6, 6.07) is 11.9. The van der Waals surface area contributed by atoms with Gasteiger partial charge in [0.15, 0.2) is 0 Å². The molecule has 4 N–H and O–H groups in total. The van der Waals surface area contributed by atoms with Crippen LogP contribution in [-0.2, 0) is 0 Å². The largest absolute Gasteiger partial charge is 0.497 e. The number of aromatic amines is 2. The van der Waals surface area contributed by atoms with Gasteiger partial charge in [-0.3, -0.25) is 19.3 Å². The van der Waals surface area contributed by atoms with Crippen molar-refractivity contribution in [2.24, 2.45) is 0 Å². The van der Waals surface area contributed by atoms with Gasteiger partial charge in [-0.15, -0.1) is 0 Å². The van der Waals surface area contributed by atoms with E-state index in [1.807, 2.05) is 7.05 Å². The highest BCUT2D eigenvalue weighted by atomic mass is 16.5. The predicted molar refractivity (Wildman–Crippen MR) is 156 cm³/mol. The number of amides is 2. The molecule has 42 heavy (non-hydrogen) atoms. The van der Waals surface area contributed by atoms with Crippen molar-refractivity contribution in [2.45, 2.75) is 25.0 Å². The van der Waals surface area contributed by atoms with E-state index in [-0.39, 0.29) is 42.4 Å². The zero-order valence-electron chi connectivity index (χ0n) is 23.3. The van der Waals surface area contributed by atoms with Crippen LogP contribution in [0.15, 0.2) is 53.5 Å². The minimum absolute atomic E-state index is 0.0194. The van der Waals surface area contributed by atoms with Crippen LogP contribution in [0, 0.1) is 0 Å². The monoisotopic (exact) mass is 572 g/mol. The molecule has 0 saturated carbocycles. The van der Waals surface area contributed by atoms with Crippen molar-refractivity contribution in [1.29, 1.82) is 0 Å². The Bertz CT molecular complexity index is 1650. The van der Waals surface area contributed by atoms with Gasteiger partial charge in [-0.25, -0.2) is 4.98 Å². The van der Waals surface area contributed by atoms with Crippen LogP contribution in [0.25, 0.3) is 22.4 Å². The van der Waals surface area contributed by atoms with Gasteiger partial charge in [0.05, 0.1) is 35.0 Å². The SMILES string of the molecule is COc1cccc(OCC(O)CNc2cc[nH]c(=O)c2-c2nc3cc4c(cc3[nH]2)C(=O)N(C2CCN(C)CC2)C4=O)c1. The van der Waals surface area contributed by atoms with Crippen LogP contribution in [-0.4, -0.2) is 94.2 Å². The number of benzene rings is 2. The second-order valence-electron chi connectivity index (χ2n) is 10.6. The first kappa shape index (κ1) is 27.5. The van der Waals surface area contributed by atoms with E-state index >= 15 is 0 Å². The number of fused-ring (bicyclic) bond motifs is 2. The maximum atomic E-state index is 13.3. The number of rotatable bonds is 9. The van der Waals surface area contributed by atoms with Crippen LogP contribution in [0.5, 0.6) is 11.5 Å². The zero-order valence-corrected chi connectivity index (χ0v) is 23.3. The van der Waals surface area contributed by atoms with E-state index in [9.17, 15) is 19.5 Å². The third-order valence-corrected chi connectivity index (χ3v) is 7.78. The third-order valence-electron chi connectivity index (χ3n) is 7.78. The molecule has 0 spiro atoms. The molecule has 4 aromatic rings. The summed E-state index contributed by atoms with van der Waals surface area (Å²) in [5, 5.41) is 13.6. The number of carbonyl (C=O) groups is 2. The molecule has 0 radical (unpaired) electrons. The first-order chi connectivity index (χ1) is 20.3. The maximum Gasteiger partial charge on any atom is 0.261 e. The minimum atomic E-state index is -0.883. The fourth-order valence-electron chi connectivity index (χ4n) is 5.50. The summed E-state index contributed by atoms with van der Waals surface area (Å²) >= 11 is 0. The number of aromatic nitrogens is 3. The molecule has 1 atom stereocenters. The molecule has 1 saturated heterocycles. The number of anilines is 1. The van der Waals surface area contributed by atoms with Crippen molar-refractivity contribution in [3.8, 4) is 22.9 Å². The Morgan fingerprint density at radius 2 is 1.81 bits per heavy atom. The molecule has 2 aliphatic heterocycles. The van der Waals surface area contributed by atoms with E-state index in [4.69, 9.17) is 9.47 Å². The highest BCUT2D eigenvalue weighted by Gasteiger charge is 2.41. The lowest BCUT2D eigenvalue weighted by atomic mass is 10.0. The fraction of sp³-hybridized carbons (Fsp3) is 0.333. The van der Waals surface area contributed by atoms with Gasteiger partial charge in [0.1, 0.15) is 35.6 Å². The van der Waals surface area contributed by atoms with E-state index < -0.39 is 11.7 Å². The number of hydrogen-bond donors (Lipinski definition) is 4. The molecular weight excluding hydrogens is 540 g/mol. The molecule has 12 heteroatoms. The third kappa shape index (κ3) is 5.21. The number of nitrogens with one attached hydrogen (secondary N) is 3. The Hall–Kier alpha value is -4.68. The number of nitrogens with zero attached hydrogens (tertiary/aromatic N) is 3. The predicted octanol–water partition coefficient (Wildman–Crippen LogP) is 2.47. The van der Waals surface area contributed by atoms with Crippen LogP contribution in [0.2, 0.25) is 0 Å². The van der Waals surface area contributed by atoms with Crippen molar-refractivity contribution in [3.05, 3.63) is 70.1 Å². The number of piperidine rings is 1. The summed E-state index contributed by atoms with van der Waals surface area (Å²) in [4.78, 5) is 53.5. The fourth-order valence-corrected chi connectivity index (χ4v) is 5.50. The van der Waals surface area contributed by atoms with Gasteiger partial charge in [-0.05, 0) is 63.3 Å². The van der Waals surface area contributed by atoms with Gasteiger partial charge in [0.25, 0.3) is 17.4 Å². The molecule has 6 rings (SSSR count). The number of aliphatic hydroxyl groups is 1. The van der Waals surface area contributed by atoms with Crippen LogP contribution in [0.4, 0.5) is 5.69 Å². The summed E-state index contributed by atoms with van der Waals surface area (Å²) in [5.74, 6) is 0.874. The molecule has 4 heterocycles. The van der Waals surface area contributed by atoms with Crippen molar-refractivity contribution in [1.82, 2.24) is 24.8 Å². The number of carbonyl (C=O) groups excluding carboxylic acids is 2. The number of likely N-dealkylation sites (tertiary alicyclic amines) is 1. The summed E-state index contributed by atoms with van der Waals surface area (Å²) in [7, 11) is 3.60. The summed E-state index contributed by atoms with van der Waals surface area (Å²) < 4.78 is 10.9. The van der Waals surface area contributed by atoms with E-state index in [1.165, 1.54) is 11.1 Å². The average Bonchev–Trinajstić information content (AvgIpc) is 3.51. The number of methoxy groups -OCH3 is 1. The van der Waals surface area contributed by atoms with E-state index in [0.29, 0.717) is 39.3 Å². The van der Waals surface area contributed by atoms with Crippen LogP contribution >= 0.6 is 0 Å². The molecule has 0 aliphatic carbocycles. The maximum absolute atomic E-state index is 13.3. The number of hydrogen-bond acceptors (Lipinski definition) is 9. The van der Waals surface area contributed by atoms with Gasteiger partial charge in [0.2, 0.25) is 0 Å². The smallest absolute Gasteiger partial charge is 0.261 e. The van der Waals surface area contributed by atoms with E-state index in [1.54, 1.807) is 49.6 Å². The molecule has 2 amide bonds. The summed E-state index contributed by atoms with van der Waals surface area (Å²) in [6.07, 6.45) is 2.11. The quantitative estimate of drug-likeness (QED) is 0.222. The second kappa shape index (κ2) is 11.3. The van der Waals surface area contributed by atoms with E-state index in [0.717, 1.165) is 25.9 Å². The van der Waals surface area contributed by atoms with Crippen molar-refractivity contribution in [2.75, 3.05) is 45.7 Å². The molecular formula is C30H32N6O6. The number of ether oxygens (including phenoxy) is 2. The second-order valence-corrected chi connectivity index (χ2v) is 10.6. The molecule has 1 fully saturated rings. The molecule has 1 unspecified atom stereocenters. The molecule has 2 aromatic heterocycles. The number of imidazole rings is 1. The number of pyridine rings is 1. The standard InChI is InChI=1S/C30H32N6O6/c1-35-10-7-17(8-11-35)36-29(39)21-13-24-25(14-22(21)30(36)40)34-27(33-24)26-23(6-9-31-28(26)38)32-15-18(37)16-42-20-5-3-4-19(12-20)41-2/h3-6,9,12-14,17-18,37H,7-8,10-11,15-16H2,1-2H3,(H,33,34)(H2,31,32,38). The Morgan fingerprint density at radius 3 is 2.57 bits per heavy atom. The molecule has 12 nitrogen and oxygen atoms in total. The van der Waals surface area contributed by atoms with Crippen molar-refractivity contribution >= 4 is 28.5 Å². The number of H-pyrrole nitrogens is 2. The van der Waals surface area contributed by atoms with Gasteiger partial charge in [-0.1, -0.05) is 6.07 Å². The summed E-state index contributed by atoms with van der Waals surface area (Å²) in [6.45, 7) is 1.78. The van der Waals surface area contributed by atoms with Gasteiger partial charge in [-0.2, -0.15) is 0 Å². The Kier molecular flexibility index (Phi) is 7.40. The van der Waals surface area contributed by atoms with Gasteiger partial charge >= 0.3 is 0 Å². The minimum Gasteiger partial charge on any atom is -0.497 e. The molecule has 0 bridgehead atoms. The zero-order chi connectivity index (χ0) is 29.4. The van der Waals surface area contributed by atoms with Crippen LogP contribution in [0.3, 0.4) is 0 Å². The van der Waals surface area contributed by atoms with E-state index in [2.05, 4.69) is 25.2 Å². The number of aliphatic hydroxyl groups excluding tert-OH is 1. The van der Waals surface area contributed by atoms with Gasteiger partial charge < -0.3 is 34.8 Å². The first-order valence-electron chi connectivity index (χ1n) is 13.8. The Labute approximate surface area is 241 Å². The lowest BCUT2D eigenvalue weighted by Crippen LogP contribution is -2.46. The number of imide groups is 1. The summed E-state index contributed by atoms with van der Waals surface area (Å²) in [5.41, 5.74) is 1.96. The lowest BCUT2D eigenvalue weighted by Gasteiger charge is -2.33. The molecule has 2 aromatic carbocycles. The normalized spacial score (nSPS) is 16.6. The molecule has 218 valence electrons. The highest BCUT2D eigenvalue weighted by molar-refractivity contribution is 6.23. The van der Waals surface area contributed by atoms with Crippen LogP contribution < -0.4 is 20.3 Å². The topological polar surface area (TPSA) is 153 Å². The van der Waals surface area contributed by atoms with Gasteiger partial charge in [0, 0.05) is 24.8 Å². The van der Waals surface area contributed by atoms with Crippen LogP contribution in [0.1, 0.15) is 33.6 Å². The van der Waals surface area contributed by atoms with Crippen molar-refractivity contribution < 1.29 is 24.2 Å².